The molecule has 3 N–H and O–H groups in total. The molecule has 0 aliphatic rings. The van der Waals surface area contributed by atoms with Crippen LogP contribution in [0, 0.1) is 13.8 Å². The van der Waals surface area contributed by atoms with Crippen molar-refractivity contribution >= 4 is 75.6 Å². The van der Waals surface area contributed by atoms with Crippen molar-refractivity contribution in [3.63, 3.8) is 0 Å². The molecule has 0 saturated heterocycles. The van der Waals surface area contributed by atoms with E-state index in [1.54, 1.807) is 30.3 Å². The number of H-pyrrole nitrogens is 1. The van der Waals surface area contributed by atoms with E-state index >= 15 is 0 Å². The standard InChI is InChI=1S/C13H11Cl3N2S.C11H10ClN3OS/c1-7-5-8(2)18-13(17-7)19-6-9-10(14)3-4-11(15)12(9)16;12-8-2-1-3-9(13)7(8)6-17-11-14-5-4-10(16)15-11/h3-5H,6H2,1-2H3;1-5H,6,13H2,(H,14,15,16). The SMILES string of the molecule is Cc1cc(C)nc(SCc2c(Cl)ccc(Cl)c2Cl)n1.Nc1cccc(Cl)c1CSc1nccc(=O)[nH]1. The monoisotopic (exact) mass is 599 g/mol. The van der Waals surface area contributed by atoms with Crippen molar-refractivity contribution in [2.24, 2.45) is 0 Å². The first-order chi connectivity index (χ1) is 17.1. The molecule has 0 atom stereocenters. The molecule has 0 fully saturated rings. The molecule has 0 unspecified atom stereocenters. The van der Waals surface area contributed by atoms with E-state index in [-0.39, 0.29) is 5.56 Å². The number of nitrogen functional groups attached to an aromatic ring is 1. The highest BCUT2D eigenvalue weighted by Gasteiger charge is 2.11. The summed E-state index contributed by atoms with van der Waals surface area (Å²) in [5.74, 6) is 1.15. The van der Waals surface area contributed by atoms with Gasteiger partial charge in [-0.25, -0.2) is 15.0 Å². The average molecular weight is 601 g/mol. The van der Waals surface area contributed by atoms with Crippen molar-refractivity contribution in [2.45, 2.75) is 35.7 Å². The van der Waals surface area contributed by atoms with Crippen LogP contribution < -0.4 is 11.3 Å². The summed E-state index contributed by atoms with van der Waals surface area (Å²) < 4.78 is 0. The van der Waals surface area contributed by atoms with Crippen LogP contribution in [0.5, 0.6) is 0 Å². The number of halogens is 4. The van der Waals surface area contributed by atoms with E-state index in [0.717, 1.165) is 22.5 Å². The van der Waals surface area contributed by atoms with Crippen molar-refractivity contribution in [2.75, 3.05) is 5.73 Å². The van der Waals surface area contributed by atoms with Crippen molar-refractivity contribution in [1.29, 1.82) is 0 Å². The third kappa shape index (κ3) is 8.30. The van der Waals surface area contributed by atoms with Crippen LogP contribution in [0.1, 0.15) is 22.5 Å². The smallest absolute Gasteiger partial charge is 0.251 e. The third-order valence-corrected chi connectivity index (χ3v) is 7.94. The molecular weight excluding hydrogens is 580 g/mol. The molecule has 4 rings (SSSR count). The Bertz CT molecular complexity index is 1380. The zero-order chi connectivity index (χ0) is 26.2. The fourth-order valence-electron chi connectivity index (χ4n) is 2.89. The molecule has 2 aromatic carbocycles. The van der Waals surface area contributed by atoms with Gasteiger partial charge in [0.15, 0.2) is 10.3 Å². The largest absolute Gasteiger partial charge is 0.398 e. The molecule has 0 aliphatic carbocycles. The van der Waals surface area contributed by atoms with Gasteiger partial charge in [0, 0.05) is 62.0 Å². The Kier molecular flexibility index (Phi) is 10.8. The number of nitrogens with one attached hydrogen (secondary N) is 1. The highest BCUT2D eigenvalue weighted by molar-refractivity contribution is 7.98. The molecule has 0 bridgehead atoms. The topological polar surface area (TPSA) is 97.5 Å². The van der Waals surface area contributed by atoms with Gasteiger partial charge in [-0.2, -0.15) is 0 Å². The van der Waals surface area contributed by atoms with Crippen molar-refractivity contribution in [3.05, 3.63) is 102 Å². The summed E-state index contributed by atoms with van der Waals surface area (Å²) in [5.41, 5.74) is 9.84. The van der Waals surface area contributed by atoms with E-state index in [4.69, 9.17) is 52.1 Å². The minimum absolute atomic E-state index is 0.172. The number of rotatable bonds is 6. The molecule has 0 radical (unpaired) electrons. The Balaban J connectivity index is 0.000000202. The summed E-state index contributed by atoms with van der Waals surface area (Å²) >= 11 is 27.2. The number of anilines is 1. The van der Waals surface area contributed by atoms with Gasteiger partial charge >= 0.3 is 0 Å². The fourth-order valence-corrected chi connectivity index (χ4v) is 5.96. The van der Waals surface area contributed by atoms with Crippen LogP contribution >= 0.6 is 69.9 Å². The maximum Gasteiger partial charge on any atom is 0.251 e. The molecule has 188 valence electrons. The predicted octanol–water partition coefficient (Wildman–Crippen LogP) is 7.64. The Morgan fingerprint density at radius 1 is 0.861 bits per heavy atom. The highest BCUT2D eigenvalue weighted by Crippen LogP contribution is 2.35. The quantitative estimate of drug-likeness (QED) is 0.101. The zero-order valence-electron chi connectivity index (χ0n) is 19.2. The fraction of sp³-hybridized carbons (Fsp3) is 0.167. The van der Waals surface area contributed by atoms with E-state index in [0.29, 0.717) is 47.6 Å². The number of nitrogens with zero attached hydrogens (tertiary/aromatic N) is 3. The first-order valence-electron chi connectivity index (χ1n) is 10.4. The van der Waals surface area contributed by atoms with E-state index in [2.05, 4.69) is 19.9 Å². The maximum atomic E-state index is 11.1. The first kappa shape index (κ1) is 28.6. The van der Waals surface area contributed by atoms with E-state index in [1.165, 1.54) is 35.8 Å². The molecule has 36 heavy (non-hydrogen) atoms. The van der Waals surface area contributed by atoms with Gasteiger partial charge in [0.2, 0.25) is 0 Å². The van der Waals surface area contributed by atoms with Gasteiger partial charge in [0.1, 0.15) is 0 Å². The number of hydrogen-bond donors (Lipinski definition) is 2. The van der Waals surface area contributed by atoms with Crippen LogP contribution in [-0.4, -0.2) is 19.9 Å². The van der Waals surface area contributed by atoms with E-state index in [1.807, 2.05) is 19.9 Å². The lowest BCUT2D eigenvalue weighted by atomic mass is 10.2. The molecule has 0 amide bonds. The summed E-state index contributed by atoms with van der Waals surface area (Å²) in [6.45, 7) is 3.89. The lowest BCUT2D eigenvalue weighted by Crippen LogP contribution is -2.05. The van der Waals surface area contributed by atoms with Crippen LogP contribution in [0.25, 0.3) is 0 Å². The van der Waals surface area contributed by atoms with Gasteiger partial charge in [-0.1, -0.05) is 76.0 Å². The Morgan fingerprint density at radius 2 is 1.50 bits per heavy atom. The molecule has 2 aromatic heterocycles. The Morgan fingerprint density at radius 3 is 2.17 bits per heavy atom. The molecule has 4 aromatic rings. The number of benzene rings is 2. The predicted molar refractivity (Wildman–Crippen MR) is 153 cm³/mol. The van der Waals surface area contributed by atoms with Crippen LogP contribution in [0.2, 0.25) is 20.1 Å². The zero-order valence-corrected chi connectivity index (χ0v) is 23.8. The molecule has 6 nitrogen and oxygen atoms in total. The average Bonchev–Trinajstić information content (AvgIpc) is 2.81. The minimum atomic E-state index is -0.172. The second-order valence-corrected chi connectivity index (χ2v) is 10.9. The van der Waals surface area contributed by atoms with Crippen LogP contribution in [0.3, 0.4) is 0 Å². The number of aromatic nitrogens is 4. The molecule has 0 aliphatic heterocycles. The molecule has 2 heterocycles. The number of aromatic amines is 1. The number of thioether (sulfide) groups is 2. The van der Waals surface area contributed by atoms with Gasteiger partial charge < -0.3 is 10.7 Å². The van der Waals surface area contributed by atoms with Crippen molar-refractivity contribution in [3.8, 4) is 0 Å². The second kappa shape index (κ2) is 13.6. The Labute approximate surface area is 237 Å². The van der Waals surface area contributed by atoms with Crippen LogP contribution in [0.4, 0.5) is 5.69 Å². The number of nitrogens with two attached hydrogens (primary N) is 1. The lowest BCUT2D eigenvalue weighted by Gasteiger charge is -2.08. The lowest BCUT2D eigenvalue weighted by molar-refractivity contribution is 0.902. The van der Waals surface area contributed by atoms with E-state index in [9.17, 15) is 4.79 Å². The number of hydrogen-bond acceptors (Lipinski definition) is 7. The molecular formula is C24H21Cl4N5OS2. The van der Waals surface area contributed by atoms with Gasteiger partial charge in [-0.15, -0.1) is 0 Å². The van der Waals surface area contributed by atoms with Crippen LogP contribution in [-0.2, 0) is 11.5 Å². The summed E-state index contributed by atoms with van der Waals surface area (Å²) in [4.78, 5) is 26.5. The highest BCUT2D eigenvalue weighted by atomic mass is 35.5. The summed E-state index contributed by atoms with van der Waals surface area (Å²) in [6, 6.07) is 12.1. The van der Waals surface area contributed by atoms with Gasteiger partial charge in [-0.05, 0) is 44.2 Å². The molecule has 0 saturated carbocycles. The normalized spacial score (nSPS) is 10.6. The second-order valence-electron chi connectivity index (χ2n) is 7.38. The van der Waals surface area contributed by atoms with Gasteiger partial charge in [-0.3, -0.25) is 4.79 Å². The maximum absolute atomic E-state index is 11.1. The van der Waals surface area contributed by atoms with Crippen LogP contribution in [0.15, 0.2) is 63.8 Å². The Hall–Kier alpha value is -1.94. The summed E-state index contributed by atoms with van der Waals surface area (Å²) in [7, 11) is 0. The van der Waals surface area contributed by atoms with E-state index < -0.39 is 0 Å². The first-order valence-corrected chi connectivity index (χ1v) is 13.9. The minimum Gasteiger partial charge on any atom is -0.398 e. The van der Waals surface area contributed by atoms with Gasteiger partial charge in [0.25, 0.3) is 5.56 Å². The van der Waals surface area contributed by atoms with Crippen molar-refractivity contribution in [1.82, 2.24) is 19.9 Å². The summed E-state index contributed by atoms with van der Waals surface area (Å²) in [5, 5.41) is 3.48. The summed E-state index contributed by atoms with van der Waals surface area (Å²) in [6.07, 6.45) is 1.47. The number of aryl methyl sites for hydroxylation is 2. The van der Waals surface area contributed by atoms with Gasteiger partial charge in [0.05, 0.1) is 10.0 Å². The van der Waals surface area contributed by atoms with Crippen molar-refractivity contribution < 1.29 is 0 Å². The molecule has 0 spiro atoms. The third-order valence-electron chi connectivity index (χ3n) is 4.60. The molecule has 12 heteroatoms.